The lowest BCUT2D eigenvalue weighted by Gasteiger charge is -2.35. The Morgan fingerprint density at radius 2 is 2.00 bits per heavy atom. The lowest BCUT2D eigenvalue weighted by atomic mass is 10.2. The molecular weight excluding hydrogens is 306 g/mol. The van der Waals surface area contributed by atoms with E-state index in [1.165, 1.54) is 0 Å². The van der Waals surface area contributed by atoms with E-state index >= 15 is 0 Å². The first kappa shape index (κ1) is 14.8. The Kier molecular flexibility index (Phi) is 5.25. The molecule has 1 saturated heterocycles. The molecule has 0 aliphatic carbocycles. The number of aryl methyl sites for hydroxylation is 1. The lowest BCUT2D eigenvalue weighted by Crippen LogP contribution is -2.46. The summed E-state index contributed by atoms with van der Waals surface area (Å²) in [6.45, 7) is 9.99. The van der Waals surface area contributed by atoms with Crippen LogP contribution in [0.5, 0.6) is 5.75 Å². The van der Waals surface area contributed by atoms with Gasteiger partial charge in [-0.3, -0.25) is 4.90 Å². The van der Waals surface area contributed by atoms with Crippen LogP contribution in [0.4, 0.5) is 0 Å². The number of nitrogens with zero attached hydrogens (tertiary/aromatic N) is 1. The monoisotopic (exact) mass is 327 g/mol. The molecule has 1 aliphatic heterocycles. The van der Waals surface area contributed by atoms with E-state index in [9.17, 15) is 0 Å². The summed E-state index contributed by atoms with van der Waals surface area (Å²) in [5, 5.41) is 0. The maximum absolute atomic E-state index is 5.86. The van der Waals surface area contributed by atoms with E-state index < -0.39 is 0 Å². The van der Waals surface area contributed by atoms with Gasteiger partial charge in [-0.15, -0.1) is 0 Å². The summed E-state index contributed by atoms with van der Waals surface area (Å²) < 4.78 is 12.7. The van der Waals surface area contributed by atoms with E-state index in [-0.39, 0.29) is 0 Å². The molecule has 0 saturated carbocycles. The lowest BCUT2D eigenvalue weighted by molar-refractivity contribution is -0.0699. The summed E-state index contributed by atoms with van der Waals surface area (Å²) in [4.78, 5) is 2.41. The summed E-state index contributed by atoms with van der Waals surface area (Å²) in [5.74, 6) is 0.970. The molecule has 0 unspecified atom stereocenters. The molecule has 106 valence electrons. The number of hydrogen-bond acceptors (Lipinski definition) is 3. The van der Waals surface area contributed by atoms with Crippen LogP contribution in [0.2, 0.25) is 0 Å². The smallest absolute Gasteiger partial charge is 0.122 e. The van der Waals surface area contributed by atoms with Crippen LogP contribution in [-0.2, 0) is 4.74 Å². The van der Waals surface area contributed by atoms with Gasteiger partial charge in [0.2, 0.25) is 0 Å². The number of rotatable bonds is 4. The molecule has 0 radical (unpaired) electrons. The van der Waals surface area contributed by atoms with Gasteiger partial charge in [0.05, 0.1) is 12.2 Å². The second-order valence-corrected chi connectivity index (χ2v) is 6.19. The molecule has 4 heteroatoms. The average molecular weight is 328 g/mol. The third-order valence-electron chi connectivity index (χ3n) is 3.30. The molecular formula is C15H22BrNO2. The second-order valence-electron chi connectivity index (χ2n) is 5.28. The van der Waals surface area contributed by atoms with Gasteiger partial charge in [-0.25, -0.2) is 0 Å². The number of morpholine rings is 1. The van der Waals surface area contributed by atoms with Crippen molar-refractivity contribution in [3.8, 4) is 5.75 Å². The fourth-order valence-corrected chi connectivity index (χ4v) is 3.00. The molecule has 3 nitrogen and oxygen atoms in total. The third kappa shape index (κ3) is 4.48. The Morgan fingerprint density at radius 1 is 1.32 bits per heavy atom. The third-order valence-corrected chi connectivity index (χ3v) is 3.79. The van der Waals surface area contributed by atoms with Crippen LogP contribution in [0.3, 0.4) is 0 Å². The van der Waals surface area contributed by atoms with E-state index in [1.54, 1.807) is 0 Å². The topological polar surface area (TPSA) is 21.7 Å². The highest BCUT2D eigenvalue weighted by Crippen LogP contribution is 2.22. The zero-order valence-corrected chi connectivity index (χ0v) is 13.4. The maximum Gasteiger partial charge on any atom is 0.122 e. The largest absolute Gasteiger partial charge is 0.492 e. The fraction of sp³-hybridized carbons (Fsp3) is 0.600. The van der Waals surface area contributed by atoms with Gasteiger partial charge in [0, 0.05) is 24.1 Å². The second kappa shape index (κ2) is 6.73. The van der Waals surface area contributed by atoms with Crippen LogP contribution in [0.1, 0.15) is 19.4 Å². The quantitative estimate of drug-likeness (QED) is 0.847. The fourth-order valence-electron chi connectivity index (χ4n) is 2.53. The Morgan fingerprint density at radius 3 is 2.63 bits per heavy atom. The van der Waals surface area contributed by atoms with Crippen molar-refractivity contribution in [2.45, 2.75) is 33.0 Å². The Balaban J connectivity index is 1.80. The molecule has 1 heterocycles. The van der Waals surface area contributed by atoms with Gasteiger partial charge >= 0.3 is 0 Å². The zero-order valence-electron chi connectivity index (χ0n) is 11.9. The first-order valence-corrected chi connectivity index (χ1v) is 7.60. The van der Waals surface area contributed by atoms with Crippen molar-refractivity contribution >= 4 is 15.9 Å². The zero-order chi connectivity index (χ0) is 13.8. The maximum atomic E-state index is 5.86. The molecule has 0 amide bonds. The van der Waals surface area contributed by atoms with Gasteiger partial charge < -0.3 is 9.47 Å². The van der Waals surface area contributed by atoms with E-state index in [1.807, 2.05) is 12.1 Å². The number of ether oxygens (including phenoxy) is 2. The summed E-state index contributed by atoms with van der Waals surface area (Å²) in [7, 11) is 0. The molecule has 0 aromatic heterocycles. The number of hydrogen-bond donors (Lipinski definition) is 0. The first-order chi connectivity index (χ1) is 9.04. The number of halogens is 1. The van der Waals surface area contributed by atoms with Crippen molar-refractivity contribution in [2.75, 3.05) is 26.2 Å². The molecule has 0 N–H and O–H groups in total. The Hall–Kier alpha value is -0.580. The van der Waals surface area contributed by atoms with E-state index in [2.05, 4.69) is 47.7 Å². The standard InChI is InChI=1S/C15H22BrNO2/c1-11-8-14(16)4-5-15(11)18-7-6-17-9-12(2)19-13(3)10-17/h4-5,8,12-13H,6-7,9-10H2,1-3H3/t12-,13+. The van der Waals surface area contributed by atoms with Crippen LogP contribution in [-0.4, -0.2) is 43.3 Å². The molecule has 1 aromatic carbocycles. The minimum absolute atomic E-state index is 0.318. The predicted octanol–water partition coefficient (Wildman–Crippen LogP) is 3.25. The molecule has 0 bridgehead atoms. The van der Waals surface area contributed by atoms with Crippen LogP contribution < -0.4 is 4.74 Å². The van der Waals surface area contributed by atoms with Crippen molar-refractivity contribution in [2.24, 2.45) is 0 Å². The van der Waals surface area contributed by atoms with Crippen molar-refractivity contribution in [1.29, 1.82) is 0 Å². The Labute approximate surface area is 124 Å². The van der Waals surface area contributed by atoms with Gasteiger partial charge in [-0.1, -0.05) is 15.9 Å². The molecule has 1 aromatic rings. The van der Waals surface area contributed by atoms with Crippen molar-refractivity contribution in [1.82, 2.24) is 4.90 Å². The SMILES string of the molecule is Cc1cc(Br)ccc1OCCN1C[C@@H](C)O[C@@H](C)C1. The van der Waals surface area contributed by atoms with Crippen molar-refractivity contribution < 1.29 is 9.47 Å². The molecule has 1 aliphatic rings. The Bertz CT molecular complexity index is 415. The van der Waals surface area contributed by atoms with Crippen molar-refractivity contribution in [3.63, 3.8) is 0 Å². The molecule has 19 heavy (non-hydrogen) atoms. The van der Waals surface area contributed by atoms with Crippen molar-refractivity contribution in [3.05, 3.63) is 28.2 Å². The summed E-state index contributed by atoms with van der Waals surface area (Å²) in [6, 6.07) is 6.11. The van der Waals surface area contributed by atoms with E-state index in [0.717, 1.165) is 42.0 Å². The minimum atomic E-state index is 0.318. The summed E-state index contributed by atoms with van der Waals surface area (Å²) in [5.41, 5.74) is 1.16. The summed E-state index contributed by atoms with van der Waals surface area (Å²) >= 11 is 3.46. The molecule has 1 fully saturated rings. The van der Waals surface area contributed by atoms with Gasteiger partial charge in [0.1, 0.15) is 12.4 Å². The van der Waals surface area contributed by atoms with Gasteiger partial charge in [0.25, 0.3) is 0 Å². The van der Waals surface area contributed by atoms with Crippen LogP contribution >= 0.6 is 15.9 Å². The normalized spacial score (nSPS) is 24.4. The molecule has 0 spiro atoms. The van der Waals surface area contributed by atoms with Crippen LogP contribution in [0, 0.1) is 6.92 Å². The molecule has 2 rings (SSSR count). The number of benzene rings is 1. The van der Waals surface area contributed by atoms with E-state index in [0.29, 0.717) is 12.2 Å². The highest BCUT2D eigenvalue weighted by Gasteiger charge is 2.21. The minimum Gasteiger partial charge on any atom is -0.492 e. The van der Waals surface area contributed by atoms with E-state index in [4.69, 9.17) is 9.47 Å². The summed E-state index contributed by atoms with van der Waals surface area (Å²) in [6.07, 6.45) is 0.635. The average Bonchev–Trinajstić information content (AvgIpc) is 2.30. The molecule has 2 atom stereocenters. The highest BCUT2D eigenvalue weighted by atomic mass is 79.9. The van der Waals surface area contributed by atoms with Crippen LogP contribution in [0.15, 0.2) is 22.7 Å². The highest BCUT2D eigenvalue weighted by molar-refractivity contribution is 9.10. The predicted molar refractivity (Wildman–Crippen MR) is 80.8 cm³/mol. The van der Waals surface area contributed by atoms with Gasteiger partial charge in [-0.2, -0.15) is 0 Å². The first-order valence-electron chi connectivity index (χ1n) is 6.81. The van der Waals surface area contributed by atoms with Crippen LogP contribution in [0.25, 0.3) is 0 Å². The van der Waals surface area contributed by atoms with Gasteiger partial charge in [-0.05, 0) is 44.5 Å². The van der Waals surface area contributed by atoms with Gasteiger partial charge in [0.15, 0.2) is 0 Å².